The maximum atomic E-state index is 13.4. The van der Waals surface area contributed by atoms with E-state index in [1.54, 1.807) is 0 Å². The van der Waals surface area contributed by atoms with Crippen molar-refractivity contribution in [3.8, 4) is 0 Å². The third kappa shape index (κ3) is 4.63. The first kappa shape index (κ1) is 24.1. The van der Waals surface area contributed by atoms with Crippen LogP contribution in [-0.4, -0.2) is 56.3 Å². The standard InChI is InChI=1S/C27H32FN7O/c1-5-18-6-11-23-19(16-18)17-22(26(36)29-23)24(25-30-31-32-35(25)27(2,3)4)34-14-12-33(13-15-34)21-9-7-20(28)8-10-21/h6-11,16-17,24H,5,12-15H2,1-4H3,(H,29,36)/t24-/m0/s1. The van der Waals surface area contributed by atoms with Gasteiger partial charge in [-0.05, 0) is 91.0 Å². The van der Waals surface area contributed by atoms with Crippen LogP contribution in [0.1, 0.15) is 50.7 Å². The molecule has 1 saturated heterocycles. The Hall–Kier alpha value is -3.59. The van der Waals surface area contributed by atoms with Crippen molar-refractivity contribution in [3.63, 3.8) is 0 Å². The van der Waals surface area contributed by atoms with E-state index in [0.29, 0.717) is 24.5 Å². The van der Waals surface area contributed by atoms with Crippen LogP contribution in [-0.2, 0) is 12.0 Å². The van der Waals surface area contributed by atoms with E-state index >= 15 is 0 Å². The minimum Gasteiger partial charge on any atom is -0.369 e. The second kappa shape index (κ2) is 9.46. The number of aromatic nitrogens is 5. The molecule has 2 aromatic heterocycles. The molecule has 0 bridgehead atoms. The molecule has 188 valence electrons. The molecule has 9 heteroatoms. The van der Waals surface area contributed by atoms with Gasteiger partial charge < -0.3 is 9.88 Å². The number of hydrogen-bond acceptors (Lipinski definition) is 6. The average Bonchev–Trinajstić information content (AvgIpc) is 3.35. The van der Waals surface area contributed by atoms with Crippen molar-refractivity contribution in [3.05, 3.63) is 81.7 Å². The topological polar surface area (TPSA) is 82.9 Å². The smallest absolute Gasteiger partial charge is 0.253 e. The highest BCUT2D eigenvalue weighted by molar-refractivity contribution is 5.80. The van der Waals surface area contributed by atoms with Gasteiger partial charge in [-0.1, -0.05) is 13.0 Å². The van der Waals surface area contributed by atoms with Gasteiger partial charge in [0.15, 0.2) is 5.82 Å². The van der Waals surface area contributed by atoms with Crippen LogP contribution in [0, 0.1) is 5.82 Å². The Morgan fingerprint density at radius 3 is 2.42 bits per heavy atom. The largest absolute Gasteiger partial charge is 0.369 e. The molecule has 1 aliphatic rings. The van der Waals surface area contributed by atoms with Crippen LogP contribution < -0.4 is 10.5 Å². The summed E-state index contributed by atoms with van der Waals surface area (Å²) < 4.78 is 15.2. The summed E-state index contributed by atoms with van der Waals surface area (Å²) in [6.07, 6.45) is 0.918. The van der Waals surface area contributed by atoms with Crippen molar-refractivity contribution < 1.29 is 4.39 Å². The summed E-state index contributed by atoms with van der Waals surface area (Å²) in [5.41, 5.74) is 3.15. The minimum absolute atomic E-state index is 0.138. The van der Waals surface area contributed by atoms with Crippen LogP contribution in [0.4, 0.5) is 10.1 Å². The summed E-state index contributed by atoms with van der Waals surface area (Å²) in [7, 11) is 0. The normalized spacial score (nSPS) is 16.0. The summed E-state index contributed by atoms with van der Waals surface area (Å²) in [6.45, 7) is 11.2. The maximum Gasteiger partial charge on any atom is 0.253 e. The molecular weight excluding hydrogens is 457 g/mol. The molecule has 8 nitrogen and oxygen atoms in total. The van der Waals surface area contributed by atoms with Crippen LogP contribution in [0.2, 0.25) is 0 Å². The molecule has 36 heavy (non-hydrogen) atoms. The van der Waals surface area contributed by atoms with Gasteiger partial charge in [0.2, 0.25) is 0 Å². The Bertz CT molecular complexity index is 1410. The average molecular weight is 490 g/mol. The zero-order chi connectivity index (χ0) is 25.4. The lowest BCUT2D eigenvalue weighted by molar-refractivity contribution is 0.190. The number of aryl methyl sites for hydroxylation is 1. The number of nitrogens with zero attached hydrogens (tertiary/aromatic N) is 6. The van der Waals surface area contributed by atoms with Crippen LogP contribution >= 0.6 is 0 Å². The fourth-order valence-corrected chi connectivity index (χ4v) is 4.93. The van der Waals surface area contributed by atoms with Crippen molar-refractivity contribution >= 4 is 16.6 Å². The third-order valence-corrected chi connectivity index (χ3v) is 6.88. The molecule has 0 saturated carbocycles. The van der Waals surface area contributed by atoms with E-state index in [2.05, 4.69) is 64.1 Å². The lowest BCUT2D eigenvalue weighted by atomic mass is 10.00. The molecule has 1 aliphatic heterocycles. The number of piperazine rings is 1. The van der Waals surface area contributed by atoms with Gasteiger partial charge in [-0.25, -0.2) is 9.07 Å². The fraction of sp³-hybridized carbons (Fsp3) is 0.407. The minimum atomic E-state index is -0.409. The molecule has 0 aliphatic carbocycles. The zero-order valence-electron chi connectivity index (χ0n) is 21.2. The SMILES string of the molecule is CCc1ccc2[nH]c(=O)c([C@@H](c3nnnn3C(C)(C)C)N3CCN(c4ccc(F)cc4)CC3)cc2c1. The van der Waals surface area contributed by atoms with Gasteiger partial charge in [-0.15, -0.1) is 5.10 Å². The van der Waals surface area contributed by atoms with Gasteiger partial charge in [0.05, 0.1) is 5.54 Å². The van der Waals surface area contributed by atoms with E-state index in [1.807, 2.05) is 35.0 Å². The third-order valence-electron chi connectivity index (χ3n) is 6.88. The lowest BCUT2D eigenvalue weighted by Crippen LogP contribution is -2.49. The Morgan fingerprint density at radius 2 is 1.75 bits per heavy atom. The molecular formula is C27H32FN7O. The number of aromatic amines is 1. The van der Waals surface area contributed by atoms with Crippen molar-refractivity contribution in [1.29, 1.82) is 0 Å². The number of hydrogen-bond donors (Lipinski definition) is 1. The highest BCUT2D eigenvalue weighted by atomic mass is 19.1. The molecule has 4 aromatic rings. The van der Waals surface area contributed by atoms with Gasteiger partial charge in [-0.2, -0.15) is 0 Å². The lowest BCUT2D eigenvalue weighted by Gasteiger charge is -2.40. The summed E-state index contributed by atoms with van der Waals surface area (Å²) in [5, 5.41) is 13.7. The fourth-order valence-electron chi connectivity index (χ4n) is 4.93. The monoisotopic (exact) mass is 489 g/mol. The molecule has 0 amide bonds. The van der Waals surface area contributed by atoms with Crippen molar-refractivity contribution in [2.45, 2.75) is 45.7 Å². The number of halogens is 1. The van der Waals surface area contributed by atoms with Crippen molar-refractivity contribution in [1.82, 2.24) is 30.1 Å². The number of rotatable bonds is 5. The number of nitrogens with one attached hydrogen (secondary N) is 1. The van der Waals surface area contributed by atoms with Crippen LogP contribution in [0.25, 0.3) is 10.9 Å². The first-order valence-corrected chi connectivity index (χ1v) is 12.4. The molecule has 1 N–H and O–H groups in total. The van der Waals surface area contributed by atoms with Crippen LogP contribution in [0.5, 0.6) is 0 Å². The second-order valence-corrected chi connectivity index (χ2v) is 10.4. The molecule has 3 heterocycles. The molecule has 5 rings (SSSR count). The summed E-state index contributed by atoms with van der Waals surface area (Å²) in [6, 6.07) is 14.3. The Kier molecular flexibility index (Phi) is 6.34. The Balaban J connectivity index is 1.56. The van der Waals surface area contributed by atoms with E-state index in [9.17, 15) is 9.18 Å². The van der Waals surface area contributed by atoms with Gasteiger partial charge in [0.1, 0.15) is 11.9 Å². The first-order chi connectivity index (χ1) is 17.2. The van der Waals surface area contributed by atoms with Crippen LogP contribution in [0.15, 0.2) is 53.3 Å². The first-order valence-electron chi connectivity index (χ1n) is 12.4. The van der Waals surface area contributed by atoms with Crippen molar-refractivity contribution in [2.75, 3.05) is 31.1 Å². The highest BCUT2D eigenvalue weighted by Crippen LogP contribution is 2.31. The highest BCUT2D eigenvalue weighted by Gasteiger charge is 2.35. The second-order valence-electron chi connectivity index (χ2n) is 10.4. The van der Waals surface area contributed by atoms with E-state index in [4.69, 9.17) is 0 Å². The molecule has 1 fully saturated rings. The number of benzene rings is 2. The maximum absolute atomic E-state index is 13.4. The molecule has 0 radical (unpaired) electrons. The van der Waals surface area contributed by atoms with Crippen molar-refractivity contribution in [2.24, 2.45) is 0 Å². The van der Waals surface area contributed by atoms with Gasteiger partial charge in [0, 0.05) is 42.9 Å². The predicted molar refractivity (Wildman–Crippen MR) is 139 cm³/mol. The Labute approximate surface area is 209 Å². The number of tetrazole rings is 1. The van der Waals surface area contributed by atoms with Gasteiger partial charge in [-0.3, -0.25) is 9.69 Å². The molecule has 1 atom stereocenters. The quantitative estimate of drug-likeness (QED) is 0.458. The predicted octanol–water partition coefficient (Wildman–Crippen LogP) is 3.88. The van der Waals surface area contributed by atoms with E-state index < -0.39 is 6.04 Å². The van der Waals surface area contributed by atoms with Crippen LogP contribution in [0.3, 0.4) is 0 Å². The van der Waals surface area contributed by atoms with Gasteiger partial charge in [0.25, 0.3) is 5.56 Å². The van der Waals surface area contributed by atoms with Gasteiger partial charge >= 0.3 is 0 Å². The number of fused-ring (bicyclic) bond motifs is 1. The Morgan fingerprint density at radius 1 is 1.03 bits per heavy atom. The molecule has 0 unspecified atom stereocenters. The number of pyridine rings is 1. The molecule has 2 aromatic carbocycles. The summed E-state index contributed by atoms with van der Waals surface area (Å²) >= 11 is 0. The summed E-state index contributed by atoms with van der Waals surface area (Å²) in [5.74, 6) is 0.405. The molecule has 0 spiro atoms. The van der Waals surface area contributed by atoms with E-state index in [-0.39, 0.29) is 16.9 Å². The number of H-pyrrole nitrogens is 1. The van der Waals surface area contributed by atoms with E-state index in [1.165, 1.54) is 17.7 Å². The van der Waals surface area contributed by atoms with E-state index in [0.717, 1.165) is 36.1 Å². The zero-order valence-corrected chi connectivity index (χ0v) is 21.2. The number of anilines is 1. The summed E-state index contributed by atoms with van der Waals surface area (Å²) in [4.78, 5) is 21.0.